The first-order valence-corrected chi connectivity index (χ1v) is 7.31. The van der Waals surface area contributed by atoms with Crippen LogP contribution in [-0.2, 0) is 11.3 Å². The number of benzene rings is 1. The van der Waals surface area contributed by atoms with Gasteiger partial charge >= 0.3 is 0 Å². The molecule has 0 aliphatic carbocycles. The molecule has 1 N–H and O–H groups in total. The number of hydrogen-bond acceptors (Lipinski definition) is 3. The van der Waals surface area contributed by atoms with Crippen molar-refractivity contribution in [3.8, 4) is 0 Å². The van der Waals surface area contributed by atoms with Gasteiger partial charge in [0.05, 0.1) is 12.6 Å². The lowest BCUT2D eigenvalue weighted by molar-refractivity contribution is -0.133. The molecule has 0 saturated carbocycles. The maximum absolute atomic E-state index is 13.6. The van der Waals surface area contributed by atoms with E-state index in [1.807, 2.05) is 0 Å². The summed E-state index contributed by atoms with van der Waals surface area (Å²) in [4.78, 5) is 13.7. The average Bonchev–Trinajstić information content (AvgIpc) is 2.92. The molecule has 1 aliphatic rings. The van der Waals surface area contributed by atoms with Crippen LogP contribution in [0.25, 0.3) is 0 Å². The Hall–Kier alpha value is -1.14. The monoisotopic (exact) mass is 286 g/mol. The Balaban J connectivity index is 2.12. The van der Waals surface area contributed by atoms with Crippen molar-refractivity contribution in [3.63, 3.8) is 0 Å². The molecule has 1 aromatic carbocycles. The van der Waals surface area contributed by atoms with Gasteiger partial charge in [-0.05, 0) is 19.1 Å². The fourth-order valence-electron chi connectivity index (χ4n) is 1.99. The van der Waals surface area contributed by atoms with Gasteiger partial charge in [0.1, 0.15) is 11.6 Å². The maximum atomic E-state index is 13.6. The third-order valence-corrected chi connectivity index (χ3v) is 4.06. The van der Waals surface area contributed by atoms with Crippen LogP contribution >= 0.6 is 11.8 Å². The van der Waals surface area contributed by atoms with Gasteiger partial charge in [-0.25, -0.2) is 8.78 Å². The summed E-state index contributed by atoms with van der Waals surface area (Å²) < 4.78 is 27.2. The minimum absolute atomic E-state index is 0.0311. The molecule has 2 rings (SSSR count). The number of carbonyl (C=O) groups excluding carboxylic acids is 1. The number of amides is 1. The van der Waals surface area contributed by atoms with Crippen LogP contribution < -0.4 is 5.32 Å². The van der Waals surface area contributed by atoms with Crippen LogP contribution in [0.5, 0.6) is 0 Å². The number of nitrogens with one attached hydrogen (secondary N) is 1. The minimum Gasteiger partial charge on any atom is -0.337 e. The van der Waals surface area contributed by atoms with Gasteiger partial charge in [0, 0.05) is 23.7 Å². The lowest BCUT2D eigenvalue weighted by Gasteiger charge is -2.24. The smallest absolute Gasteiger partial charge is 0.240 e. The van der Waals surface area contributed by atoms with E-state index in [-0.39, 0.29) is 24.1 Å². The molecule has 3 nitrogen and oxygen atoms in total. The number of hydrogen-bond donors (Lipinski definition) is 1. The number of thioether (sulfide) groups is 1. The Labute approximate surface area is 115 Å². The predicted octanol–water partition coefficient (Wildman–Crippen LogP) is 1.98. The van der Waals surface area contributed by atoms with Crippen molar-refractivity contribution in [1.29, 1.82) is 0 Å². The quantitative estimate of drug-likeness (QED) is 0.918. The largest absolute Gasteiger partial charge is 0.337 e. The summed E-state index contributed by atoms with van der Waals surface area (Å²) in [5, 5.41) is 3.07. The molecule has 1 heterocycles. The molecule has 0 unspecified atom stereocenters. The fraction of sp³-hybridized carbons (Fsp3) is 0.462. The number of rotatable bonds is 4. The van der Waals surface area contributed by atoms with E-state index in [1.54, 1.807) is 18.7 Å². The predicted molar refractivity (Wildman–Crippen MR) is 71.7 cm³/mol. The van der Waals surface area contributed by atoms with Crippen molar-refractivity contribution >= 4 is 17.7 Å². The number of likely N-dealkylation sites (N-methyl/N-ethyl adjacent to an activating group) is 1. The summed E-state index contributed by atoms with van der Waals surface area (Å²) in [5.41, 5.74) is -0.0525. The van der Waals surface area contributed by atoms with E-state index in [9.17, 15) is 13.6 Å². The zero-order chi connectivity index (χ0) is 13.8. The molecular weight excluding hydrogens is 270 g/mol. The highest BCUT2D eigenvalue weighted by Crippen LogP contribution is 2.17. The molecule has 1 saturated heterocycles. The van der Waals surface area contributed by atoms with Crippen molar-refractivity contribution in [1.82, 2.24) is 10.2 Å². The maximum Gasteiger partial charge on any atom is 0.240 e. The molecule has 1 amide bonds. The Morgan fingerprint density at radius 2 is 2.16 bits per heavy atom. The van der Waals surface area contributed by atoms with Crippen LogP contribution in [0, 0.1) is 11.6 Å². The third kappa shape index (κ3) is 3.25. The first kappa shape index (κ1) is 14.3. The van der Waals surface area contributed by atoms with Crippen LogP contribution in [0.1, 0.15) is 12.5 Å². The lowest BCUT2D eigenvalue weighted by Crippen LogP contribution is -2.44. The van der Waals surface area contributed by atoms with Gasteiger partial charge in [-0.3, -0.25) is 10.1 Å². The van der Waals surface area contributed by atoms with Gasteiger partial charge < -0.3 is 4.90 Å². The van der Waals surface area contributed by atoms with Crippen molar-refractivity contribution in [2.24, 2.45) is 0 Å². The van der Waals surface area contributed by atoms with E-state index in [1.165, 1.54) is 23.1 Å². The van der Waals surface area contributed by atoms with E-state index in [0.29, 0.717) is 12.3 Å². The first-order valence-electron chi connectivity index (χ1n) is 6.16. The van der Waals surface area contributed by atoms with E-state index >= 15 is 0 Å². The highest BCUT2D eigenvalue weighted by atomic mass is 32.2. The lowest BCUT2D eigenvalue weighted by atomic mass is 10.1. The summed E-state index contributed by atoms with van der Waals surface area (Å²) in [5.74, 6) is 0.118. The minimum atomic E-state index is -0.611. The highest BCUT2D eigenvalue weighted by molar-refractivity contribution is 7.99. The summed E-state index contributed by atoms with van der Waals surface area (Å²) in [6.07, 6.45) is 0. The second-order valence-corrected chi connectivity index (χ2v) is 5.35. The van der Waals surface area contributed by atoms with E-state index in [0.717, 1.165) is 5.88 Å². The van der Waals surface area contributed by atoms with E-state index in [2.05, 4.69) is 5.32 Å². The summed E-state index contributed by atoms with van der Waals surface area (Å²) in [7, 11) is 0. The Morgan fingerprint density at radius 3 is 2.68 bits per heavy atom. The van der Waals surface area contributed by atoms with Gasteiger partial charge in [0.15, 0.2) is 0 Å². The molecule has 1 aromatic rings. The topological polar surface area (TPSA) is 32.3 Å². The Bertz CT molecular complexity index is 444. The summed E-state index contributed by atoms with van der Waals surface area (Å²) in [6.45, 7) is 2.20. The average molecular weight is 286 g/mol. The van der Waals surface area contributed by atoms with Crippen molar-refractivity contribution < 1.29 is 13.6 Å². The van der Waals surface area contributed by atoms with Gasteiger partial charge in [0.2, 0.25) is 5.91 Å². The van der Waals surface area contributed by atoms with Crippen LogP contribution in [0.2, 0.25) is 0 Å². The molecule has 1 aliphatic heterocycles. The standard InChI is InChI=1S/C13H16F2N2OS/c1-2-17(13(18)12-7-19-8-16-12)6-9-10(14)4-3-5-11(9)15/h3-5,12,16H,2,6-8H2,1H3/t12-/m1/s1. The molecular formula is C13H16F2N2OS. The van der Waals surface area contributed by atoms with Gasteiger partial charge in [0.25, 0.3) is 0 Å². The highest BCUT2D eigenvalue weighted by Gasteiger charge is 2.27. The zero-order valence-corrected chi connectivity index (χ0v) is 11.5. The van der Waals surface area contributed by atoms with Crippen LogP contribution in [0.15, 0.2) is 18.2 Å². The Kier molecular flexibility index (Phi) is 4.76. The molecule has 0 radical (unpaired) electrons. The van der Waals surface area contributed by atoms with Gasteiger partial charge in [-0.2, -0.15) is 0 Å². The molecule has 0 aromatic heterocycles. The van der Waals surface area contributed by atoms with Crippen molar-refractivity contribution in [2.75, 3.05) is 18.2 Å². The Morgan fingerprint density at radius 1 is 1.47 bits per heavy atom. The zero-order valence-electron chi connectivity index (χ0n) is 10.7. The number of nitrogens with zero attached hydrogens (tertiary/aromatic N) is 1. The molecule has 0 spiro atoms. The third-order valence-electron chi connectivity index (χ3n) is 3.12. The molecule has 1 fully saturated rings. The normalized spacial score (nSPS) is 18.6. The van der Waals surface area contributed by atoms with Crippen molar-refractivity contribution in [2.45, 2.75) is 19.5 Å². The second kappa shape index (κ2) is 6.34. The molecule has 19 heavy (non-hydrogen) atoms. The molecule has 1 atom stereocenters. The van der Waals surface area contributed by atoms with Gasteiger partial charge in [-0.15, -0.1) is 11.8 Å². The van der Waals surface area contributed by atoms with Crippen LogP contribution in [-0.4, -0.2) is 35.0 Å². The van der Waals surface area contributed by atoms with Gasteiger partial charge in [-0.1, -0.05) is 6.07 Å². The van der Waals surface area contributed by atoms with Crippen LogP contribution in [0.4, 0.5) is 8.78 Å². The number of halogens is 2. The summed E-state index contributed by atoms with van der Waals surface area (Å²) in [6, 6.07) is 3.49. The van der Waals surface area contributed by atoms with E-state index in [4.69, 9.17) is 0 Å². The van der Waals surface area contributed by atoms with Crippen LogP contribution in [0.3, 0.4) is 0 Å². The molecule has 6 heteroatoms. The van der Waals surface area contributed by atoms with E-state index < -0.39 is 11.6 Å². The SMILES string of the molecule is CCN(Cc1c(F)cccc1F)C(=O)[C@H]1CSCN1. The second-order valence-electron chi connectivity index (χ2n) is 4.32. The molecule has 0 bridgehead atoms. The summed E-state index contributed by atoms with van der Waals surface area (Å²) >= 11 is 1.64. The molecule has 104 valence electrons. The first-order chi connectivity index (χ1) is 9.13. The fourth-order valence-corrected chi connectivity index (χ4v) is 2.93. The van der Waals surface area contributed by atoms with Crippen molar-refractivity contribution in [3.05, 3.63) is 35.4 Å². The number of carbonyl (C=O) groups is 1.